The Morgan fingerprint density at radius 1 is 1.26 bits per heavy atom. The van der Waals surface area contributed by atoms with Crippen molar-refractivity contribution in [1.82, 2.24) is 9.97 Å². The lowest BCUT2D eigenvalue weighted by molar-refractivity contribution is -0.117. The van der Waals surface area contributed by atoms with Crippen LogP contribution in [0.2, 0.25) is 0 Å². The van der Waals surface area contributed by atoms with Crippen LogP contribution >= 0.6 is 11.3 Å². The van der Waals surface area contributed by atoms with Crippen LogP contribution in [-0.2, 0) is 23.1 Å². The fourth-order valence-corrected chi connectivity index (χ4v) is 2.72. The maximum Gasteiger partial charge on any atom is 0.145 e. The third-order valence-corrected chi connectivity index (χ3v) is 3.62. The molecule has 2 aromatic rings. The van der Waals surface area contributed by atoms with Crippen LogP contribution in [0.4, 0.5) is 0 Å². The SMILES string of the molecule is CC(C)(C)c1csc(CC(=O)Cc2ccccn2)n1. The van der Waals surface area contributed by atoms with Crippen LogP contribution in [0.25, 0.3) is 0 Å². The summed E-state index contributed by atoms with van der Waals surface area (Å²) in [7, 11) is 0. The first kappa shape index (κ1) is 13.9. The molecule has 0 aliphatic heterocycles. The number of pyridine rings is 1. The maximum absolute atomic E-state index is 12.0. The van der Waals surface area contributed by atoms with Gasteiger partial charge in [0.1, 0.15) is 10.8 Å². The maximum atomic E-state index is 12.0. The second-order valence-electron chi connectivity index (χ2n) is 5.59. The van der Waals surface area contributed by atoms with Gasteiger partial charge in [-0.15, -0.1) is 11.3 Å². The minimum atomic E-state index is 0.0405. The highest BCUT2D eigenvalue weighted by atomic mass is 32.1. The summed E-state index contributed by atoms with van der Waals surface area (Å²) in [6, 6.07) is 5.63. The van der Waals surface area contributed by atoms with Crippen LogP contribution in [0.3, 0.4) is 0 Å². The minimum Gasteiger partial charge on any atom is -0.299 e. The van der Waals surface area contributed by atoms with Crippen LogP contribution < -0.4 is 0 Å². The lowest BCUT2D eigenvalue weighted by Crippen LogP contribution is -2.12. The molecule has 0 saturated carbocycles. The Balaban J connectivity index is 1.98. The molecular formula is C15H18N2OS. The van der Waals surface area contributed by atoms with Crippen molar-refractivity contribution in [2.45, 2.75) is 39.0 Å². The van der Waals surface area contributed by atoms with E-state index in [4.69, 9.17) is 0 Å². The van der Waals surface area contributed by atoms with Gasteiger partial charge in [0.25, 0.3) is 0 Å². The second kappa shape index (κ2) is 5.61. The van der Waals surface area contributed by atoms with Gasteiger partial charge >= 0.3 is 0 Å². The van der Waals surface area contributed by atoms with E-state index in [1.807, 2.05) is 23.6 Å². The molecule has 19 heavy (non-hydrogen) atoms. The smallest absolute Gasteiger partial charge is 0.145 e. The summed E-state index contributed by atoms with van der Waals surface area (Å²) in [5, 5.41) is 2.94. The molecule has 0 atom stereocenters. The van der Waals surface area contributed by atoms with E-state index in [1.165, 1.54) is 0 Å². The van der Waals surface area contributed by atoms with Gasteiger partial charge in [-0.05, 0) is 12.1 Å². The largest absolute Gasteiger partial charge is 0.299 e. The zero-order valence-corrected chi connectivity index (χ0v) is 12.3. The van der Waals surface area contributed by atoms with Crippen LogP contribution in [0.15, 0.2) is 29.8 Å². The first-order valence-corrected chi connectivity index (χ1v) is 7.19. The molecule has 0 fully saturated rings. The normalized spacial score (nSPS) is 11.5. The zero-order chi connectivity index (χ0) is 13.9. The van der Waals surface area contributed by atoms with E-state index in [-0.39, 0.29) is 11.2 Å². The Bertz CT molecular complexity index is 555. The molecular weight excluding hydrogens is 256 g/mol. The van der Waals surface area contributed by atoms with Gasteiger partial charge in [-0.2, -0.15) is 0 Å². The predicted molar refractivity (Wildman–Crippen MR) is 77.5 cm³/mol. The molecule has 0 unspecified atom stereocenters. The predicted octanol–water partition coefficient (Wildman–Crippen LogP) is 3.19. The standard InChI is InChI=1S/C15H18N2OS/c1-15(2,3)13-10-19-14(17-13)9-12(18)8-11-6-4-5-7-16-11/h4-7,10H,8-9H2,1-3H3. The van der Waals surface area contributed by atoms with Gasteiger partial charge in [0.15, 0.2) is 0 Å². The van der Waals surface area contributed by atoms with E-state index in [1.54, 1.807) is 17.5 Å². The first-order chi connectivity index (χ1) is 8.95. The van der Waals surface area contributed by atoms with Gasteiger partial charge < -0.3 is 0 Å². The quantitative estimate of drug-likeness (QED) is 0.860. The lowest BCUT2D eigenvalue weighted by atomic mass is 9.93. The summed E-state index contributed by atoms with van der Waals surface area (Å²) >= 11 is 1.56. The summed E-state index contributed by atoms with van der Waals surface area (Å²) in [6.45, 7) is 6.38. The van der Waals surface area contributed by atoms with Gasteiger partial charge in [-0.3, -0.25) is 9.78 Å². The number of hydrogen-bond acceptors (Lipinski definition) is 4. The molecule has 0 N–H and O–H groups in total. The van der Waals surface area contributed by atoms with Crippen molar-refractivity contribution in [3.05, 3.63) is 46.2 Å². The third kappa shape index (κ3) is 3.96. The van der Waals surface area contributed by atoms with Crippen LogP contribution in [0.5, 0.6) is 0 Å². The molecule has 2 rings (SSSR count). The fraction of sp³-hybridized carbons (Fsp3) is 0.400. The van der Waals surface area contributed by atoms with E-state index in [2.05, 4.69) is 30.7 Å². The van der Waals surface area contributed by atoms with Gasteiger partial charge in [-0.1, -0.05) is 26.8 Å². The number of Topliss-reactive ketones (excluding diaryl/α,β-unsaturated/α-hetero) is 1. The van der Waals surface area contributed by atoms with E-state index in [9.17, 15) is 4.79 Å². The van der Waals surface area contributed by atoms with Crippen molar-refractivity contribution in [2.75, 3.05) is 0 Å². The van der Waals surface area contributed by atoms with Crippen molar-refractivity contribution in [2.24, 2.45) is 0 Å². The topological polar surface area (TPSA) is 42.9 Å². The van der Waals surface area contributed by atoms with Gasteiger partial charge in [0, 0.05) is 29.1 Å². The third-order valence-electron chi connectivity index (χ3n) is 2.77. The molecule has 0 aliphatic carbocycles. The van der Waals surface area contributed by atoms with Crippen molar-refractivity contribution in [1.29, 1.82) is 0 Å². The molecule has 3 nitrogen and oxygen atoms in total. The molecule has 0 bridgehead atoms. The van der Waals surface area contributed by atoms with Gasteiger partial charge in [0.05, 0.1) is 12.1 Å². The molecule has 100 valence electrons. The molecule has 2 heterocycles. The summed E-state index contributed by atoms with van der Waals surface area (Å²) in [6.07, 6.45) is 2.49. The Morgan fingerprint density at radius 3 is 2.63 bits per heavy atom. The molecule has 0 aliphatic rings. The fourth-order valence-electron chi connectivity index (χ4n) is 1.67. The number of ketones is 1. The summed E-state index contributed by atoms with van der Waals surface area (Å²) in [5.74, 6) is 0.161. The summed E-state index contributed by atoms with van der Waals surface area (Å²) in [5.41, 5.74) is 1.91. The number of hydrogen-bond donors (Lipinski definition) is 0. The molecule has 0 spiro atoms. The molecule has 2 aromatic heterocycles. The van der Waals surface area contributed by atoms with Crippen molar-refractivity contribution < 1.29 is 4.79 Å². The molecule has 0 radical (unpaired) electrons. The van der Waals surface area contributed by atoms with Gasteiger partial charge in [-0.25, -0.2) is 4.98 Å². The molecule has 0 saturated heterocycles. The van der Waals surface area contributed by atoms with Crippen molar-refractivity contribution in [3.8, 4) is 0 Å². The lowest BCUT2D eigenvalue weighted by Gasteiger charge is -2.14. The molecule has 0 aromatic carbocycles. The first-order valence-electron chi connectivity index (χ1n) is 6.31. The molecule has 4 heteroatoms. The highest BCUT2D eigenvalue weighted by molar-refractivity contribution is 7.09. The van der Waals surface area contributed by atoms with E-state index in [0.29, 0.717) is 12.8 Å². The number of rotatable bonds is 4. The van der Waals surface area contributed by atoms with E-state index >= 15 is 0 Å². The Kier molecular flexibility index (Phi) is 4.10. The van der Waals surface area contributed by atoms with Crippen molar-refractivity contribution >= 4 is 17.1 Å². The monoisotopic (exact) mass is 274 g/mol. The van der Waals surface area contributed by atoms with Crippen molar-refractivity contribution in [3.63, 3.8) is 0 Å². The Morgan fingerprint density at radius 2 is 2.05 bits per heavy atom. The highest BCUT2D eigenvalue weighted by Crippen LogP contribution is 2.24. The Hall–Kier alpha value is -1.55. The number of nitrogens with zero attached hydrogens (tertiary/aromatic N) is 2. The summed E-state index contributed by atoms with van der Waals surface area (Å²) in [4.78, 5) is 20.7. The van der Waals surface area contributed by atoms with E-state index in [0.717, 1.165) is 16.4 Å². The minimum absolute atomic E-state index is 0.0405. The van der Waals surface area contributed by atoms with Crippen LogP contribution in [0, 0.1) is 0 Å². The van der Waals surface area contributed by atoms with Crippen LogP contribution in [0.1, 0.15) is 37.2 Å². The van der Waals surface area contributed by atoms with Crippen LogP contribution in [-0.4, -0.2) is 15.8 Å². The number of carbonyl (C=O) groups is 1. The summed E-state index contributed by atoms with van der Waals surface area (Å²) < 4.78 is 0. The number of carbonyl (C=O) groups excluding carboxylic acids is 1. The van der Waals surface area contributed by atoms with E-state index < -0.39 is 0 Å². The van der Waals surface area contributed by atoms with Gasteiger partial charge in [0.2, 0.25) is 0 Å². The number of thiazole rings is 1. The highest BCUT2D eigenvalue weighted by Gasteiger charge is 2.18. The average molecular weight is 274 g/mol. The second-order valence-corrected chi connectivity index (χ2v) is 6.53. The molecule has 0 amide bonds. The Labute approximate surface area is 117 Å². The number of aromatic nitrogens is 2. The zero-order valence-electron chi connectivity index (χ0n) is 11.5. The average Bonchev–Trinajstić information content (AvgIpc) is 2.78.